The zero-order chi connectivity index (χ0) is 14.9. The number of carboxylic acids is 1. The summed E-state index contributed by atoms with van der Waals surface area (Å²) in [6.07, 6.45) is 0. The maximum atomic E-state index is 13.3. The predicted octanol–water partition coefficient (Wildman–Crippen LogP) is 3.47. The Kier molecular flexibility index (Phi) is 3.61. The molecule has 0 aliphatic carbocycles. The molecule has 0 amide bonds. The highest BCUT2D eigenvalue weighted by Crippen LogP contribution is 2.26. The largest absolute Gasteiger partial charge is 0.478 e. The van der Waals surface area contributed by atoms with E-state index in [1.807, 2.05) is 0 Å². The first-order chi connectivity index (χ1) is 9.36. The molecule has 2 rings (SSSR count). The molecule has 2 aromatic carbocycles. The molecule has 0 saturated carbocycles. The summed E-state index contributed by atoms with van der Waals surface area (Å²) in [5.74, 6) is -1.44. The van der Waals surface area contributed by atoms with Crippen molar-refractivity contribution >= 4 is 23.0 Å². The van der Waals surface area contributed by atoms with Crippen LogP contribution in [0.3, 0.4) is 0 Å². The van der Waals surface area contributed by atoms with Gasteiger partial charge in [0.2, 0.25) is 0 Å². The van der Waals surface area contributed by atoms with Crippen molar-refractivity contribution in [1.29, 1.82) is 0 Å². The van der Waals surface area contributed by atoms with Gasteiger partial charge in [-0.15, -0.1) is 0 Å². The van der Waals surface area contributed by atoms with E-state index in [1.165, 1.54) is 18.2 Å². The number of carboxylic acid groups (broad SMARTS) is 1. The number of carbonyl (C=O) groups is 1. The van der Waals surface area contributed by atoms with Gasteiger partial charge in [0.05, 0.1) is 5.56 Å². The van der Waals surface area contributed by atoms with E-state index in [9.17, 15) is 9.18 Å². The van der Waals surface area contributed by atoms with Crippen molar-refractivity contribution in [1.82, 2.24) is 0 Å². The van der Waals surface area contributed by atoms with Crippen LogP contribution in [0.5, 0.6) is 0 Å². The predicted molar refractivity (Wildman–Crippen MR) is 77.0 cm³/mol. The number of nitrogen functional groups attached to an aromatic ring is 1. The Morgan fingerprint density at radius 2 is 1.80 bits per heavy atom. The van der Waals surface area contributed by atoms with Crippen molar-refractivity contribution in [2.75, 3.05) is 11.1 Å². The monoisotopic (exact) mass is 274 g/mol. The van der Waals surface area contributed by atoms with Crippen LogP contribution in [0, 0.1) is 19.7 Å². The number of rotatable bonds is 3. The number of aryl methyl sites for hydroxylation is 2. The maximum Gasteiger partial charge on any atom is 0.337 e. The minimum Gasteiger partial charge on any atom is -0.478 e. The lowest BCUT2D eigenvalue weighted by Crippen LogP contribution is -2.05. The van der Waals surface area contributed by atoms with Crippen LogP contribution in [0.15, 0.2) is 30.3 Å². The molecule has 0 spiro atoms. The van der Waals surface area contributed by atoms with Gasteiger partial charge in [0.25, 0.3) is 0 Å². The van der Waals surface area contributed by atoms with Crippen LogP contribution in [0.1, 0.15) is 21.5 Å². The summed E-state index contributed by atoms with van der Waals surface area (Å²) >= 11 is 0. The highest BCUT2D eigenvalue weighted by molar-refractivity contribution is 5.96. The first-order valence-electron chi connectivity index (χ1n) is 6.04. The molecular formula is C15H15FN2O2. The summed E-state index contributed by atoms with van der Waals surface area (Å²) in [6.45, 7) is 3.51. The number of aromatic carboxylic acids is 1. The molecule has 0 fully saturated rings. The minimum absolute atomic E-state index is 0.0284. The van der Waals surface area contributed by atoms with Crippen LogP contribution in [-0.2, 0) is 0 Å². The lowest BCUT2D eigenvalue weighted by Gasteiger charge is -2.12. The van der Waals surface area contributed by atoms with E-state index in [2.05, 4.69) is 5.32 Å². The molecule has 5 heteroatoms. The second-order valence-electron chi connectivity index (χ2n) is 4.70. The van der Waals surface area contributed by atoms with E-state index in [4.69, 9.17) is 10.8 Å². The van der Waals surface area contributed by atoms with E-state index < -0.39 is 5.97 Å². The zero-order valence-corrected chi connectivity index (χ0v) is 11.2. The van der Waals surface area contributed by atoms with Crippen LogP contribution in [-0.4, -0.2) is 11.1 Å². The molecule has 0 saturated heterocycles. The Morgan fingerprint density at radius 1 is 1.15 bits per heavy atom. The smallest absolute Gasteiger partial charge is 0.337 e. The van der Waals surface area contributed by atoms with E-state index in [0.717, 1.165) is 5.56 Å². The Balaban J connectivity index is 2.41. The number of anilines is 3. The van der Waals surface area contributed by atoms with Crippen LogP contribution >= 0.6 is 0 Å². The van der Waals surface area contributed by atoms with Crippen molar-refractivity contribution in [2.45, 2.75) is 13.8 Å². The third-order valence-corrected chi connectivity index (χ3v) is 2.95. The maximum absolute atomic E-state index is 13.3. The number of hydrogen-bond acceptors (Lipinski definition) is 3. The van der Waals surface area contributed by atoms with Gasteiger partial charge in [-0.25, -0.2) is 9.18 Å². The topological polar surface area (TPSA) is 75.3 Å². The van der Waals surface area contributed by atoms with Gasteiger partial charge >= 0.3 is 5.97 Å². The third-order valence-electron chi connectivity index (χ3n) is 2.95. The number of benzene rings is 2. The van der Waals surface area contributed by atoms with E-state index in [1.54, 1.807) is 26.0 Å². The summed E-state index contributed by atoms with van der Waals surface area (Å²) in [7, 11) is 0. The van der Waals surface area contributed by atoms with Gasteiger partial charge in [0, 0.05) is 17.1 Å². The fourth-order valence-electron chi connectivity index (χ4n) is 2.02. The molecule has 104 valence electrons. The van der Waals surface area contributed by atoms with Gasteiger partial charge in [0.15, 0.2) is 0 Å². The van der Waals surface area contributed by atoms with Gasteiger partial charge in [-0.2, -0.15) is 0 Å². The molecule has 0 aliphatic heterocycles. The van der Waals surface area contributed by atoms with Gasteiger partial charge in [-0.1, -0.05) is 0 Å². The van der Waals surface area contributed by atoms with Crippen molar-refractivity contribution in [2.24, 2.45) is 0 Å². The van der Waals surface area contributed by atoms with E-state index >= 15 is 0 Å². The molecule has 0 radical (unpaired) electrons. The van der Waals surface area contributed by atoms with E-state index in [0.29, 0.717) is 16.9 Å². The Hall–Kier alpha value is -2.56. The Bertz CT molecular complexity index is 664. The fourth-order valence-corrected chi connectivity index (χ4v) is 2.02. The molecule has 0 aromatic heterocycles. The Morgan fingerprint density at radius 3 is 2.40 bits per heavy atom. The highest BCUT2D eigenvalue weighted by atomic mass is 19.1. The van der Waals surface area contributed by atoms with Gasteiger partial charge in [0.1, 0.15) is 5.82 Å². The SMILES string of the molecule is Cc1cc(F)cc(Nc2cc(C)c(N)c(C(=O)O)c2)c1. The summed E-state index contributed by atoms with van der Waals surface area (Å²) in [5.41, 5.74) is 8.53. The lowest BCUT2D eigenvalue weighted by molar-refractivity contribution is 0.0698. The summed E-state index contributed by atoms with van der Waals surface area (Å²) in [6, 6.07) is 7.70. The lowest BCUT2D eigenvalue weighted by atomic mass is 10.1. The van der Waals surface area contributed by atoms with Crippen molar-refractivity contribution in [3.8, 4) is 0 Å². The molecule has 4 nitrogen and oxygen atoms in total. The number of hydrogen-bond donors (Lipinski definition) is 3. The molecule has 0 bridgehead atoms. The molecule has 0 aliphatic rings. The fraction of sp³-hybridized carbons (Fsp3) is 0.133. The summed E-state index contributed by atoms with van der Waals surface area (Å²) in [4.78, 5) is 11.1. The molecule has 2 aromatic rings. The first kappa shape index (κ1) is 13.9. The second-order valence-corrected chi connectivity index (χ2v) is 4.70. The highest BCUT2D eigenvalue weighted by Gasteiger charge is 2.12. The minimum atomic E-state index is -1.09. The normalized spacial score (nSPS) is 10.3. The van der Waals surface area contributed by atoms with E-state index in [-0.39, 0.29) is 17.1 Å². The standard InChI is InChI=1S/C15H15FN2O2/c1-8-3-10(16)6-11(4-8)18-12-5-9(2)14(17)13(7-12)15(19)20/h3-7,18H,17H2,1-2H3,(H,19,20). The number of nitrogens with one attached hydrogen (secondary N) is 1. The van der Waals surface area contributed by atoms with Crippen molar-refractivity contribution < 1.29 is 14.3 Å². The van der Waals surface area contributed by atoms with Gasteiger partial charge < -0.3 is 16.2 Å². The third kappa shape index (κ3) is 2.88. The second kappa shape index (κ2) is 5.21. The van der Waals surface area contributed by atoms with Crippen molar-refractivity contribution in [3.63, 3.8) is 0 Å². The van der Waals surface area contributed by atoms with Gasteiger partial charge in [-0.05, 0) is 55.3 Å². The molecular weight excluding hydrogens is 259 g/mol. The molecule has 4 N–H and O–H groups in total. The zero-order valence-electron chi connectivity index (χ0n) is 11.2. The quantitative estimate of drug-likeness (QED) is 0.749. The Labute approximate surface area is 116 Å². The summed E-state index contributed by atoms with van der Waals surface area (Å²) in [5, 5.41) is 12.1. The number of halogens is 1. The van der Waals surface area contributed by atoms with Crippen LogP contribution < -0.4 is 11.1 Å². The molecule has 0 heterocycles. The molecule has 0 atom stereocenters. The van der Waals surface area contributed by atoms with Crippen LogP contribution in [0.25, 0.3) is 0 Å². The average molecular weight is 274 g/mol. The van der Waals surface area contributed by atoms with Gasteiger partial charge in [-0.3, -0.25) is 0 Å². The van der Waals surface area contributed by atoms with Crippen molar-refractivity contribution in [3.05, 3.63) is 52.8 Å². The number of nitrogens with two attached hydrogens (primary N) is 1. The average Bonchev–Trinajstić information content (AvgIpc) is 2.31. The first-order valence-corrected chi connectivity index (χ1v) is 6.04. The van der Waals surface area contributed by atoms with Crippen LogP contribution in [0.2, 0.25) is 0 Å². The van der Waals surface area contributed by atoms with Crippen LogP contribution in [0.4, 0.5) is 21.5 Å². The molecule has 20 heavy (non-hydrogen) atoms. The summed E-state index contributed by atoms with van der Waals surface area (Å²) < 4.78 is 13.3. The molecule has 0 unspecified atom stereocenters.